The number of pyridine rings is 1. The minimum atomic E-state index is -0.787. The Balaban J connectivity index is 1.46. The van der Waals surface area contributed by atoms with Crippen LogP contribution in [0.2, 0.25) is 0 Å². The number of aromatic nitrogens is 2. The zero-order valence-corrected chi connectivity index (χ0v) is 19.4. The zero-order valence-electron chi connectivity index (χ0n) is 18.6. The summed E-state index contributed by atoms with van der Waals surface area (Å²) in [7, 11) is 1.63. The molecular formula is C23H26N6O3S. The smallest absolute Gasteiger partial charge is 0.240 e. The van der Waals surface area contributed by atoms with Crippen LogP contribution in [0.5, 0.6) is 0 Å². The largest absolute Gasteiger partial charge is 0.358 e. The van der Waals surface area contributed by atoms with Gasteiger partial charge in [0.25, 0.3) is 0 Å². The van der Waals surface area contributed by atoms with Gasteiger partial charge in [-0.25, -0.2) is 4.98 Å². The molecule has 0 radical (unpaired) electrons. The molecule has 1 saturated heterocycles. The molecule has 0 bridgehead atoms. The van der Waals surface area contributed by atoms with Gasteiger partial charge in [0, 0.05) is 32.4 Å². The van der Waals surface area contributed by atoms with Crippen LogP contribution < -0.4 is 16.0 Å². The molecule has 3 N–H and O–H groups in total. The molecule has 33 heavy (non-hydrogen) atoms. The third-order valence-electron chi connectivity index (χ3n) is 5.71. The molecule has 0 saturated carbocycles. The summed E-state index contributed by atoms with van der Waals surface area (Å²) in [5.74, 6) is -0.426. The number of hydrogen-bond acceptors (Lipinski definition) is 7. The van der Waals surface area contributed by atoms with Crippen LogP contribution in [-0.2, 0) is 19.8 Å². The summed E-state index contributed by atoms with van der Waals surface area (Å²) in [6.07, 6.45) is 3.15. The molecule has 2 aromatic heterocycles. The van der Waals surface area contributed by atoms with E-state index in [-0.39, 0.29) is 24.3 Å². The normalized spacial score (nSPS) is 18.6. The number of likely N-dealkylation sites (tertiary alicyclic amines) is 1. The van der Waals surface area contributed by atoms with Gasteiger partial charge in [-0.3, -0.25) is 24.3 Å². The van der Waals surface area contributed by atoms with Crippen molar-refractivity contribution in [1.29, 1.82) is 0 Å². The molecule has 1 atom stereocenters. The highest BCUT2D eigenvalue weighted by atomic mass is 32.1. The Hall–Kier alpha value is -3.37. The number of hydrogen-bond donors (Lipinski definition) is 3. The van der Waals surface area contributed by atoms with Crippen molar-refractivity contribution in [1.82, 2.24) is 20.2 Å². The molecule has 1 fully saturated rings. The van der Waals surface area contributed by atoms with E-state index in [1.54, 1.807) is 19.3 Å². The molecule has 172 valence electrons. The Morgan fingerprint density at radius 1 is 1.18 bits per heavy atom. The van der Waals surface area contributed by atoms with E-state index in [0.29, 0.717) is 23.8 Å². The fourth-order valence-corrected chi connectivity index (χ4v) is 5.22. The van der Waals surface area contributed by atoms with Gasteiger partial charge in [-0.05, 0) is 49.7 Å². The van der Waals surface area contributed by atoms with Crippen LogP contribution in [0.4, 0.5) is 10.8 Å². The van der Waals surface area contributed by atoms with E-state index in [9.17, 15) is 14.4 Å². The molecule has 10 heteroatoms. The SMILES string of the molecule is CNC(=O)[C@]1(c2ccccn2)CCCN(CC(=O)Nc2nc3ccc(NC(C)=O)cc3s2)C1. The minimum absolute atomic E-state index is 0.0903. The number of rotatable bonds is 6. The molecule has 1 aromatic carbocycles. The first-order chi connectivity index (χ1) is 15.9. The molecular weight excluding hydrogens is 440 g/mol. The Morgan fingerprint density at radius 2 is 2.03 bits per heavy atom. The fourth-order valence-electron chi connectivity index (χ4n) is 4.30. The molecule has 4 rings (SSSR count). The second kappa shape index (κ2) is 9.63. The first kappa shape index (κ1) is 22.8. The van der Waals surface area contributed by atoms with Crippen LogP contribution in [0.3, 0.4) is 0 Å². The third-order valence-corrected chi connectivity index (χ3v) is 6.64. The number of amides is 3. The summed E-state index contributed by atoms with van der Waals surface area (Å²) in [5.41, 5.74) is 1.36. The van der Waals surface area contributed by atoms with Crippen LogP contribution in [0, 0.1) is 0 Å². The van der Waals surface area contributed by atoms with Gasteiger partial charge >= 0.3 is 0 Å². The van der Waals surface area contributed by atoms with Crippen molar-refractivity contribution in [3.63, 3.8) is 0 Å². The van der Waals surface area contributed by atoms with E-state index in [1.807, 2.05) is 35.2 Å². The fraction of sp³-hybridized carbons (Fsp3) is 0.348. The van der Waals surface area contributed by atoms with E-state index in [0.717, 1.165) is 28.9 Å². The number of anilines is 2. The van der Waals surface area contributed by atoms with Gasteiger partial charge in [0.15, 0.2) is 5.13 Å². The lowest BCUT2D eigenvalue weighted by Gasteiger charge is -2.40. The van der Waals surface area contributed by atoms with Crippen LogP contribution in [0.25, 0.3) is 10.2 Å². The van der Waals surface area contributed by atoms with Gasteiger partial charge in [0.1, 0.15) is 5.41 Å². The van der Waals surface area contributed by atoms with Gasteiger partial charge in [-0.1, -0.05) is 17.4 Å². The van der Waals surface area contributed by atoms with Gasteiger partial charge in [0.2, 0.25) is 17.7 Å². The molecule has 3 heterocycles. The predicted molar refractivity (Wildman–Crippen MR) is 128 cm³/mol. The van der Waals surface area contributed by atoms with Crippen molar-refractivity contribution in [3.05, 3.63) is 48.3 Å². The topological polar surface area (TPSA) is 116 Å². The highest BCUT2D eigenvalue weighted by molar-refractivity contribution is 7.22. The number of carbonyl (C=O) groups excluding carboxylic acids is 3. The Labute approximate surface area is 195 Å². The van der Waals surface area contributed by atoms with Gasteiger partial charge in [-0.2, -0.15) is 0 Å². The summed E-state index contributed by atoms with van der Waals surface area (Å²) in [4.78, 5) is 47.9. The summed E-state index contributed by atoms with van der Waals surface area (Å²) in [6.45, 7) is 2.74. The minimum Gasteiger partial charge on any atom is -0.358 e. The number of fused-ring (bicyclic) bond motifs is 1. The summed E-state index contributed by atoms with van der Waals surface area (Å²) in [6, 6.07) is 11.0. The molecule has 9 nitrogen and oxygen atoms in total. The zero-order chi connectivity index (χ0) is 23.4. The lowest BCUT2D eigenvalue weighted by molar-refractivity contribution is -0.130. The van der Waals surface area contributed by atoms with Crippen LogP contribution in [-0.4, -0.2) is 59.3 Å². The van der Waals surface area contributed by atoms with Crippen LogP contribution in [0.15, 0.2) is 42.6 Å². The van der Waals surface area contributed by atoms with Crippen molar-refractivity contribution in [2.45, 2.75) is 25.2 Å². The average Bonchev–Trinajstić information content (AvgIpc) is 3.20. The standard InChI is InChI=1S/C23H26N6O3S/c1-15(30)26-16-7-8-17-18(12-16)33-22(27-17)28-20(31)13-29-11-5-9-23(14-29,21(32)24-2)19-6-3-4-10-25-19/h3-4,6-8,10,12H,5,9,11,13-14H2,1-2H3,(H,24,32)(H,26,30)(H,27,28,31)/t23-/m1/s1. The molecule has 0 unspecified atom stereocenters. The van der Waals surface area contributed by atoms with E-state index in [1.165, 1.54) is 18.3 Å². The van der Waals surface area contributed by atoms with Crippen LogP contribution >= 0.6 is 11.3 Å². The second-order valence-electron chi connectivity index (χ2n) is 8.12. The Morgan fingerprint density at radius 3 is 2.76 bits per heavy atom. The summed E-state index contributed by atoms with van der Waals surface area (Å²) < 4.78 is 0.864. The summed E-state index contributed by atoms with van der Waals surface area (Å²) in [5, 5.41) is 8.89. The van der Waals surface area contributed by atoms with E-state index in [4.69, 9.17) is 0 Å². The highest BCUT2D eigenvalue weighted by Gasteiger charge is 2.44. The Bertz CT molecular complexity index is 1180. The number of nitrogens with zero attached hydrogens (tertiary/aromatic N) is 3. The van der Waals surface area contributed by atoms with Gasteiger partial charge < -0.3 is 16.0 Å². The van der Waals surface area contributed by atoms with E-state index >= 15 is 0 Å². The first-order valence-electron chi connectivity index (χ1n) is 10.7. The maximum absolute atomic E-state index is 12.9. The van der Waals surface area contributed by atoms with Gasteiger partial charge in [0.05, 0.1) is 22.5 Å². The van der Waals surface area contributed by atoms with Crippen molar-refractivity contribution in [2.75, 3.05) is 37.3 Å². The lowest BCUT2D eigenvalue weighted by atomic mass is 9.75. The molecule has 1 aliphatic rings. The number of thiazole rings is 1. The number of likely N-dealkylation sites (N-methyl/N-ethyl adjacent to an activating group) is 1. The number of benzene rings is 1. The monoisotopic (exact) mass is 466 g/mol. The third kappa shape index (κ3) is 5.01. The van der Waals surface area contributed by atoms with E-state index in [2.05, 4.69) is 25.9 Å². The molecule has 0 aliphatic carbocycles. The lowest BCUT2D eigenvalue weighted by Crippen LogP contribution is -2.55. The van der Waals surface area contributed by atoms with Crippen molar-refractivity contribution in [2.24, 2.45) is 0 Å². The molecule has 1 aliphatic heterocycles. The molecule has 0 spiro atoms. The van der Waals surface area contributed by atoms with Gasteiger partial charge in [-0.15, -0.1) is 0 Å². The van der Waals surface area contributed by atoms with Crippen molar-refractivity contribution < 1.29 is 14.4 Å². The van der Waals surface area contributed by atoms with Crippen molar-refractivity contribution in [3.8, 4) is 0 Å². The van der Waals surface area contributed by atoms with Crippen LogP contribution in [0.1, 0.15) is 25.5 Å². The number of carbonyl (C=O) groups is 3. The predicted octanol–water partition coefficient (Wildman–Crippen LogP) is 2.37. The average molecular weight is 467 g/mol. The second-order valence-corrected chi connectivity index (χ2v) is 9.15. The molecule has 3 amide bonds. The highest BCUT2D eigenvalue weighted by Crippen LogP contribution is 2.33. The first-order valence-corrected chi connectivity index (χ1v) is 11.6. The maximum atomic E-state index is 12.9. The quantitative estimate of drug-likeness (QED) is 0.514. The Kier molecular flexibility index (Phi) is 6.66. The van der Waals surface area contributed by atoms with Crippen molar-refractivity contribution >= 4 is 50.1 Å². The van der Waals surface area contributed by atoms with E-state index < -0.39 is 5.41 Å². The summed E-state index contributed by atoms with van der Waals surface area (Å²) >= 11 is 1.35. The number of piperidine rings is 1. The number of nitrogens with one attached hydrogen (secondary N) is 3. The maximum Gasteiger partial charge on any atom is 0.240 e. The molecule has 3 aromatic rings.